The van der Waals surface area contributed by atoms with Crippen LogP contribution in [-0.4, -0.2) is 31.2 Å². The van der Waals surface area contributed by atoms with Gasteiger partial charge >= 0.3 is 0 Å². The second-order valence-electron chi connectivity index (χ2n) is 5.33. The maximum absolute atomic E-state index is 12.6. The summed E-state index contributed by atoms with van der Waals surface area (Å²) in [4.78, 5) is 17.0. The number of hydrogen-bond acceptors (Lipinski definition) is 6. The Kier molecular flexibility index (Phi) is 5.58. The van der Waals surface area contributed by atoms with E-state index in [4.69, 9.17) is 14.2 Å². The summed E-state index contributed by atoms with van der Waals surface area (Å²) in [6, 6.07) is 10.7. The van der Waals surface area contributed by atoms with Gasteiger partial charge in [0.15, 0.2) is 16.6 Å². The molecular formula is C19H20N2O4S. The van der Waals surface area contributed by atoms with Crippen molar-refractivity contribution in [1.29, 1.82) is 0 Å². The smallest absolute Gasteiger partial charge is 0.257 e. The van der Waals surface area contributed by atoms with Crippen molar-refractivity contribution < 1.29 is 19.0 Å². The molecule has 1 amide bonds. The van der Waals surface area contributed by atoms with E-state index in [2.05, 4.69) is 10.3 Å². The van der Waals surface area contributed by atoms with Crippen LogP contribution in [0.3, 0.4) is 0 Å². The standard InChI is InChI=1S/C19H20N2O4S/c1-4-24-13-7-8-14-17(11-13)26-19(20-14)21-18(22)12-6-9-15(23-3)16(10-12)25-5-2/h6-11H,4-5H2,1-3H3,(H,20,21,22). The van der Waals surface area contributed by atoms with Crippen molar-refractivity contribution in [2.45, 2.75) is 13.8 Å². The van der Waals surface area contributed by atoms with Gasteiger partial charge in [0.05, 0.1) is 30.5 Å². The quantitative estimate of drug-likeness (QED) is 0.667. The molecule has 6 nitrogen and oxygen atoms in total. The minimum Gasteiger partial charge on any atom is -0.494 e. The Morgan fingerprint density at radius 3 is 2.62 bits per heavy atom. The fraction of sp³-hybridized carbons (Fsp3) is 0.263. The molecule has 0 aliphatic rings. The van der Waals surface area contributed by atoms with E-state index in [0.29, 0.717) is 35.4 Å². The number of ether oxygens (including phenoxy) is 3. The molecule has 0 aliphatic carbocycles. The second kappa shape index (κ2) is 8.05. The SMILES string of the molecule is CCOc1ccc2nc(NC(=O)c3ccc(OC)c(OCC)c3)sc2c1. The van der Waals surface area contributed by atoms with Crippen LogP contribution in [0.2, 0.25) is 0 Å². The van der Waals surface area contributed by atoms with Gasteiger partial charge < -0.3 is 14.2 Å². The first-order valence-electron chi connectivity index (χ1n) is 8.30. The van der Waals surface area contributed by atoms with Gasteiger partial charge in [-0.2, -0.15) is 0 Å². The van der Waals surface area contributed by atoms with Gasteiger partial charge in [-0.15, -0.1) is 0 Å². The van der Waals surface area contributed by atoms with Crippen molar-refractivity contribution in [2.24, 2.45) is 0 Å². The molecule has 1 heterocycles. The molecule has 0 bridgehead atoms. The van der Waals surface area contributed by atoms with Crippen LogP contribution in [0.4, 0.5) is 5.13 Å². The Morgan fingerprint density at radius 1 is 1.08 bits per heavy atom. The first-order chi connectivity index (χ1) is 12.6. The lowest BCUT2D eigenvalue weighted by molar-refractivity contribution is 0.102. The third-order valence-electron chi connectivity index (χ3n) is 3.62. The lowest BCUT2D eigenvalue weighted by atomic mass is 10.2. The highest BCUT2D eigenvalue weighted by molar-refractivity contribution is 7.22. The summed E-state index contributed by atoms with van der Waals surface area (Å²) in [5, 5.41) is 3.37. The van der Waals surface area contributed by atoms with E-state index in [0.717, 1.165) is 16.0 Å². The van der Waals surface area contributed by atoms with Gasteiger partial charge in [-0.05, 0) is 50.2 Å². The van der Waals surface area contributed by atoms with Crippen molar-refractivity contribution in [1.82, 2.24) is 4.98 Å². The lowest BCUT2D eigenvalue weighted by Gasteiger charge is -2.10. The number of carbonyl (C=O) groups is 1. The zero-order valence-corrected chi connectivity index (χ0v) is 15.7. The van der Waals surface area contributed by atoms with E-state index in [1.165, 1.54) is 11.3 Å². The fourth-order valence-electron chi connectivity index (χ4n) is 2.47. The molecule has 1 aromatic heterocycles. The van der Waals surface area contributed by atoms with Crippen LogP contribution in [0.5, 0.6) is 17.2 Å². The van der Waals surface area contributed by atoms with Crippen LogP contribution in [0.15, 0.2) is 36.4 Å². The van der Waals surface area contributed by atoms with Crippen LogP contribution >= 0.6 is 11.3 Å². The van der Waals surface area contributed by atoms with E-state index >= 15 is 0 Å². The van der Waals surface area contributed by atoms with Crippen molar-refractivity contribution in [3.63, 3.8) is 0 Å². The summed E-state index contributed by atoms with van der Waals surface area (Å²) < 4.78 is 17.2. The topological polar surface area (TPSA) is 69.7 Å². The molecule has 0 spiro atoms. The Bertz CT molecular complexity index is 923. The molecule has 0 saturated carbocycles. The van der Waals surface area contributed by atoms with E-state index in [1.807, 2.05) is 32.0 Å². The van der Waals surface area contributed by atoms with Gasteiger partial charge in [0.2, 0.25) is 0 Å². The summed E-state index contributed by atoms with van der Waals surface area (Å²) in [5.41, 5.74) is 1.29. The zero-order chi connectivity index (χ0) is 18.5. The highest BCUT2D eigenvalue weighted by Gasteiger charge is 2.13. The molecule has 0 fully saturated rings. The Morgan fingerprint density at radius 2 is 1.88 bits per heavy atom. The molecule has 1 N–H and O–H groups in total. The number of benzene rings is 2. The van der Waals surface area contributed by atoms with E-state index < -0.39 is 0 Å². The average molecular weight is 372 g/mol. The number of fused-ring (bicyclic) bond motifs is 1. The van der Waals surface area contributed by atoms with Crippen LogP contribution in [-0.2, 0) is 0 Å². The van der Waals surface area contributed by atoms with Gasteiger partial charge in [0.25, 0.3) is 5.91 Å². The highest BCUT2D eigenvalue weighted by atomic mass is 32.1. The van der Waals surface area contributed by atoms with Crippen LogP contribution in [0.1, 0.15) is 24.2 Å². The number of nitrogens with one attached hydrogen (secondary N) is 1. The van der Waals surface area contributed by atoms with Crippen molar-refractivity contribution in [3.05, 3.63) is 42.0 Å². The van der Waals surface area contributed by atoms with Crippen LogP contribution in [0, 0.1) is 0 Å². The lowest BCUT2D eigenvalue weighted by Crippen LogP contribution is -2.12. The third-order valence-corrected chi connectivity index (χ3v) is 4.55. The normalized spacial score (nSPS) is 10.6. The van der Waals surface area contributed by atoms with Crippen LogP contribution < -0.4 is 19.5 Å². The van der Waals surface area contributed by atoms with Crippen LogP contribution in [0.25, 0.3) is 10.2 Å². The van der Waals surface area contributed by atoms with E-state index in [1.54, 1.807) is 25.3 Å². The summed E-state index contributed by atoms with van der Waals surface area (Å²) in [6.45, 7) is 4.91. The molecule has 0 atom stereocenters. The number of hydrogen-bond donors (Lipinski definition) is 1. The summed E-state index contributed by atoms with van der Waals surface area (Å²) in [7, 11) is 1.56. The van der Waals surface area contributed by atoms with Gasteiger partial charge in [0, 0.05) is 5.56 Å². The third kappa shape index (κ3) is 3.88. The van der Waals surface area contributed by atoms with Crippen molar-refractivity contribution >= 4 is 32.6 Å². The maximum atomic E-state index is 12.6. The van der Waals surface area contributed by atoms with Gasteiger partial charge in [-0.3, -0.25) is 10.1 Å². The number of thiazole rings is 1. The second-order valence-corrected chi connectivity index (χ2v) is 6.36. The summed E-state index contributed by atoms with van der Waals surface area (Å²) in [6.07, 6.45) is 0. The molecule has 0 unspecified atom stereocenters. The van der Waals surface area contributed by atoms with Gasteiger partial charge in [-0.1, -0.05) is 11.3 Å². The van der Waals surface area contributed by atoms with Crippen molar-refractivity contribution in [3.8, 4) is 17.2 Å². The average Bonchev–Trinajstić information content (AvgIpc) is 3.03. The Labute approximate surface area is 155 Å². The largest absolute Gasteiger partial charge is 0.494 e. The number of carbonyl (C=O) groups excluding carboxylic acids is 1. The molecule has 0 aliphatic heterocycles. The zero-order valence-electron chi connectivity index (χ0n) is 14.9. The van der Waals surface area contributed by atoms with Gasteiger partial charge in [-0.25, -0.2) is 4.98 Å². The number of aromatic nitrogens is 1. The Hall–Kier alpha value is -2.80. The minimum atomic E-state index is -0.252. The predicted octanol–water partition coefficient (Wildman–Crippen LogP) is 4.35. The first kappa shape index (κ1) is 18.0. The minimum absolute atomic E-state index is 0.252. The summed E-state index contributed by atoms with van der Waals surface area (Å²) in [5.74, 6) is 1.66. The molecular weight excluding hydrogens is 352 g/mol. The molecule has 136 valence electrons. The molecule has 0 radical (unpaired) electrons. The Balaban J connectivity index is 1.81. The summed E-state index contributed by atoms with van der Waals surface area (Å²) >= 11 is 1.40. The molecule has 7 heteroatoms. The maximum Gasteiger partial charge on any atom is 0.257 e. The van der Waals surface area contributed by atoms with E-state index in [-0.39, 0.29) is 5.91 Å². The number of rotatable bonds is 7. The van der Waals surface area contributed by atoms with Gasteiger partial charge in [0.1, 0.15) is 5.75 Å². The number of anilines is 1. The first-order valence-corrected chi connectivity index (χ1v) is 9.11. The number of amides is 1. The monoisotopic (exact) mass is 372 g/mol. The fourth-order valence-corrected chi connectivity index (χ4v) is 3.36. The molecule has 3 rings (SSSR count). The molecule has 26 heavy (non-hydrogen) atoms. The molecule has 0 saturated heterocycles. The predicted molar refractivity (Wildman–Crippen MR) is 103 cm³/mol. The van der Waals surface area contributed by atoms with E-state index in [9.17, 15) is 4.79 Å². The highest BCUT2D eigenvalue weighted by Crippen LogP contribution is 2.31. The molecule has 3 aromatic rings. The molecule has 2 aromatic carbocycles. The number of nitrogens with zero attached hydrogens (tertiary/aromatic N) is 1. The number of methoxy groups -OCH3 is 1. The van der Waals surface area contributed by atoms with Crippen molar-refractivity contribution in [2.75, 3.05) is 25.6 Å².